The number of aromatic amines is 1. The lowest BCUT2D eigenvalue weighted by Gasteiger charge is -2.28. The van der Waals surface area contributed by atoms with E-state index in [1.807, 2.05) is 18.2 Å². The quantitative estimate of drug-likeness (QED) is 0.760. The smallest absolute Gasteiger partial charge is 0.274 e. The van der Waals surface area contributed by atoms with Gasteiger partial charge in [-0.15, -0.1) is 0 Å². The Kier molecular flexibility index (Phi) is 3.79. The summed E-state index contributed by atoms with van der Waals surface area (Å²) in [5.41, 5.74) is 4.13. The molecular formula is C20H24N4O. The van der Waals surface area contributed by atoms with Crippen LogP contribution in [-0.4, -0.2) is 21.9 Å². The minimum absolute atomic E-state index is 0.000226. The maximum Gasteiger partial charge on any atom is 0.274 e. The van der Waals surface area contributed by atoms with E-state index in [0.717, 1.165) is 16.9 Å². The molecule has 2 atom stereocenters. The van der Waals surface area contributed by atoms with Crippen molar-refractivity contribution in [3.05, 3.63) is 52.8 Å². The number of H-pyrrole nitrogens is 1. The first-order chi connectivity index (χ1) is 12.0. The van der Waals surface area contributed by atoms with Gasteiger partial charge in [-0.25, -0.2) is 0 Å². The molecule has 2 N–H and O–H groups in total. The minimum Gasteiger partial charge on any atom is -0.366 e. The topological polar surface area (TPSA) is 53.1 Å². The lowest BCUT2D eigenvalue weighted by atomic mass is 10.2. The molecule has 1 aliphatic heterocycles. The molecule has 0 spiro atoms. The molecule has 0 amide bonds. The van der Waals surface area contributed by atoms with Crippen molar-refractivity contribution in [2.75, 3.05) is 10.2 Å². The van der Waals surface area contributed by atoms with Gasteiger partial charge < -0.3 is 10.2 Å². The van der Waals surface area contributed by atoms with Crippen LogP contribution in [-0.2, 0) is 7.05 Å². The zero-order valence-corrected chi connectivity index (χ0v) is 14.9. The highest BCUT2D eigenvalue weighted by atomic mass is 16.1. The molecule has 0 aliphatic carbocycles. The molecule has 1 saturated heterocycles. The fourth-order valence-electron chi connectivity index (χ4n) is 3.90. The van der Waals surface area contributed by atoms with E-state index in [1.165, 1.54) is 23.2 Å². The van der Waals surface area contributed by atoms with Gasteiger partial charge in [-0.1, -0.05) is 0 Å². The molecule has 1 fully saturated rings. The number of aromatic nitrogens is 2. The number of hydrogen-bond donors (Lipinski definition) is 2. The second-order valence-corrected chi connectivity index (χ2v) is 7.09. The molecule has 0 saturated carbocycles. The van der Waals surface area contributed by atoms with E-state index in [1.54, 1.807) is 7.05 Å². The van der Waals surface area contributed by atoms with Crippen LogP contribution in [0.25, 0.3) is 10.9 Å². The van der Waals surface area contributed by atoms with E-state index in [9.17, 15) is 4.79 Å². The molecular weight excluding hydrogens is 312 g/mol. The van der Waals surface area contributed by atoms with E-state index < -0.39 is 0 Å². The SMILES string of the molecule is CC1CCC(C)N1c1ccc(Nc2ccc3c(=O)n(C)[nH]c3c2)cc1. The Morgan fingerprint density at radius 3 is 2.32 bits per heavy atom. The van der Waals surface area contributed by atoms with Crippen LogP contribution in [0.15, 0.2) is 47.3 Å². The van der Waals surface area contributed by atoms with Crippen molar-refractivity contribution in [3.63, 3.8) is 0 Å². The zero-order valence-electron chi connectivity index (χ0n) is 14.9. The third-order valence-electron chi connectivity index (χ3n) is 5.25. The van der Waals surface area contributed by atoms with Gasteiger partial charge in [0.15, 0.2) is 0 Å². The highest BCUT2D eigenvalue weighted by Gasteiger charge is 2.27. The van der Waals surface area contributed by atoms with Crippen LogP contribution in [0, 0.1) is 0 Å². The fourth-order valence-corrected chi connectivity index (χ4v) is 3.90. The van der Waals surface area contributed by atoms with Gasteiger partial charge in [0.25, 0.3) is 5.56 Å². The maximum atomic E-state index is 11.9. The molecule has 3 aromatic rings. The lowest BCUT2D eigenvalue weighted by Crippen LogP contribution is -2.32. The fraction of sp³-hybridized carbons (Fsp3) is 0.350. The van der Waals surface area contributed by atoms with E-state index in [2.05, 4.69) is 53.4 Å². The molecule has 5 heteroatoms. The first kappa shape index (κ1) is 15.8. The van der Waals surface area contributed by atoms with Crippen LogP contribution >= 0.6 is 0 Å². The largest absolute Gasteiger partial charge is 0.366 e. The summed E-state index contributed by atoms with van der Waals surface area (Å²) in [5.74, 6) is 0. The van der Waals surface area contributed by atoms with Crippen LogP contribution in [0.4, 0.5) is 17.1 Å². The first-order valence-electron chi connectivity index (χ1n) is 8.87. The number of benzene rings is 2. The molecule has 2 heterocycles. The van der Waals surface area contributed by atoms with Crippen LogP contribution in [0.5, 0.6) is 0 Å². The highest BCUT2D eigenvalue weighted by molar-refractivity contribution is 5.82. The van der Waals surface area contributed by atoms with Crippen LogP contribution < -0.4 is 15.8 Å². The number of aryl methyl sites for hydroxylation is 1. The van der Waals surface area contributed by atoms with E-state index in [0.29, 0.717) is 17.5 Å². The molecule has 130 valence electrons. The second kappa shape index (κ2) is 5.99. The summed E-state index contributed by atoms with van der Waals surface area (Å²) in [6, 6.07) is 15.6. The van der Waals surface area contributed by atoms with Gasteiger partial charge >= 0.3 is 0 Å². The Hall–Kier alpha value is -2.69. The Bertz CT molecular complexity index is 944. The minimum atomic E-state index is -0.000226. The third-order valence-corrected chi connectivity index (χ3v) is 5.25. The predicted molar refractivity (Wildman–Crippen MR) is 104 cm³/mol. The molecule has 1 aliphatic rings. The van der Waals surface area contributed by atoms with Crippen LogP contribution in [0.1, 0.15) is 26.7 Å². The zero-order chi connectivity index (χ0) is 17.6. The van der Waals surface area contributed by atoms with E-state index in [4.69, 9.17) is 0 Å². The van der Waals surface area contributed by atoms with Crippen molar-refractivity contribution in [1.29, 1.82) is 0 Å². The van der Waals surface area contributed by atoms with Gasteiger partial charge in [0.2, 0.25) is 0 Å². The molecule has 2 aromatic carbocycles. The van der Waals surface area contributed by atoms with Crippen LogP contribution in [0.3, 0.4) is 0 Å². The van der Waals surface area contributed by atoms with Crippen LogP contribution in [0.2, 0.25) is 0 Å². The van der Waals surface area contributed by atoms with Crippen molar-refractivity contribution in [1.82, 2.24) is 9.78 Å². The average Bonchev–Trinajstić information content (AvgIpc) is 3.08. The Balaban J connectivity index is 1.56. The monoisotopic (exact) mass is 336 g/mol. The second-order valence-electron chi connectivity index (χ2n) is 7.09. The van der Waals surface area contributed by atoms with Crippen molar-refractivity contribution in [2.24, 2.45) is 7.05 Å². The number of hydrogen-bond acceptors (Lipinski definition) is 3. The predicted octanol–water partition coefficient (Wildman–Crippen LogP) is 3.99. The summed E-state index contributed by atoms with van der Waals surface area (Å²) in [6.45, 7) is 4.59. The van der Waals surface area contributed by atoms with Crippen molar-refractivity contribution in [2.45, 2.75) is 38.8 Å². The number of anilines is 3. The van der Waals surface area contributed by atoms with E-state index >= 15 is 0 Å². The summed E-state index contributed by atoms with van der Waals surface area (Å²) >= 11 is 0. The van der Waals surface area contributed by atoms with Gasteiger partial charge in [0, 0.05) is 36.2 Å². The third kappa shape index (κ3) is 2.80. The number of nitrogens with one attached hydrogen (secondary N) is 2. The number of rotatable bonds is 3. The molecule has 5 nitrogen and oxygen atoms in total. The van der Waals surface area contributed by atoms with Gasteiger partial charge in [0.05, 0.1) is 10.9 Å². The summed E-state index contributed by atoms with van der Waals surface area (Å²) in [6.07, 6.45) is 2.52. The Morgan fingerprint density at radius 1 is 1.00 bits per heavy atom. The number of nitrogens with zero attached hydrogens (tertiary/aromatic N) is 2. The molecule has 4 rings (SSSR count). The lowest BCUT2D eigenvalue weighted by molar-refractivity contribution is 0.694. The normalized spacial score (nSPS) is 20.4. The first-order valence-corrected chi connectivity index (χ1v) is 8.87. The molecule has 1 aromatic heterocycles. The van der Waals surface area contributed by atoms with Gasteiger partial charge in [0.1, 0.15) is 0 Å². The summed E-state index contributed by atoms with van der Waals surface area (Å²) in [5, 5.41) is 7.19. The highest BCUT2D eigenvalue weighted by Crippen LogP contribution is 2.31. The standard InChI is InChI=1S/C20H24N4O/c1-13-4-5-14(2)24(13)17-9-6-15(7-10-17)21-16-8-11-18-19(12-16)22-23(3)20(18)25/h6-14,21-22H,4-5H2,1-3H3. The van der Waals surface area contributed by atoms with E-state index in [-0.39, 0.29) is 5.56 Å². The number of fused-ring (bicyclic) bond motifs is 1. The van der Waals surface area contributed by atoms with Gasteiger partial charge in [-0.05, 0) is 69.2 Å². The summed E-state index contributed by atoms with van der Waals surface area (Å²) in [4.78, 5) is 14.4. The van der Waals surface area contributed by atoms with Gasteiger partial charge in [-0.2, -0.15) is 0 Å². The van der Waals surface area contributed by atoms with Crippen molar-refractivity contribution >= 4 is 28.0 Å². The Morgan fingerprint density at radius 2 is 1.64 bits per heavy atom. The molecule has 0 radical (unpaired) electrons. The Labute approximate surface area is 147 Å². The summed E-state index contributed by atoms with van der Waals surface area (Å²) in [7, 11) is 1.73. The van der Waals surface area contributed by atoms with Crippen molar-refractivity contribution in [3.8, 4) is 0 Å². The summed E-state index contributed by atoms with van der Waals surface area (Å²) < 4.78 is 1.50. The molecule has 2 unspecified atom stereocenters. The maximum absolute atomic E-state index is 11.9. The average molecular weight is 336 g/mol. The molecule has 25 heavy (non-hydrogen) atoms. The molecule has 0 bridgehead atoms. The van der Waals surface area contributed by atoms with Gasteiger partial charge in [-0.3, -0.25) is 14.6 Å². The van der Waals surface area contributed by atoms with Crippen molar-refractivity contribution < 1.29 is 0 Å².